The van der Waals surface area contributed by atoms with E-state index in [4.69, 9.17) is 23.7 Å². The van der Waals surface area contributed by atoms with Crippen LogP contribution in [0.15, 0.2) is 72.8 Å². The molecule has 0 aromatic heterocycles. The highest BCUT2D eigenvalue weighted by atomic mass is 16.5. The third-order valence-electron chi connectivity index (χ3n) is 7.04. The fraction of sp³-hybridized carbons (Fsp3) is 0.486. The standard InChI is InChI=1S/C37H50O10/c1-27(2)35(40)45-25-30(38)13-9-5-7-11-23-43-32-17-15-29(16-18-32)37(42)47-34-21-19-33(20-22-34)44-24-12-8-6-10-14-31(39)26-46-36(41)28(3)4/h15-22,30-31,38-39H,1,3,5-14,23-26H2,2,4H3. The van der Waals surface area contributed by atoms with Crippen molar-refractivity contribution in [2.45, 2.75) is 90.3 Å². The number of esters is 3. The minimum atomic E-state index is -0.672. The number of aliphatic hydroxyl groups excluding tert-OH is 2. The molecule has 2 aromatic carbocycles. The molecule has 0 radical (unpaired) electrons. The van der Waals surface area contributed by atoms with Crippen molar-refractivity contribution >= 4 is 17.9 Å². The maximum atomic E-state index is 12.6. The van der Waals surface area contributed by atoms with Crippen LogP contribution in [0.2, 0.25) is 0 Å². The Bertz CT molecular complexity index is 1250. The number of hydrogen-bond acceptors (Lipinski definition) is 10. The zero-order valence-corrected chi connectivity index (χ0v) is 27.7. The van der Waals surface area contributed by atoms with Crippen molar-refractivity contribution in [2.75, 3.05) is 26.4 Å². The lowest BCUT2D eigenvalue weighted by Crippen LogP contribution is -2.18. The van der Waals surface area contributed by atoms with Crippen LogP contribution in [0.3, 0.4) is 0 Å². The van der Waals surface area contributed by atoms with Gasteiger partial charge in [-0.05, 0) is 88.1 Å². The minimum Gasteiger partial charge on any atom is -0.494 e. The predicted molar refractivity (Wildman–Crippen MR) is 179 cm³/mol. The van der Waals surface area contributed by atoms with Gasteiger partial charge in [-0.25, -0.2) is 14.4 Å². The molecule has 0 amide bonds. The van der Waals surface area contributed by atoms with E-state index in [1.54, 1.807) is 62.4 Å². The summed E-state index contributed by atoms with van der Waals surface area (Å²) in [6.45, 7) is 11.2. The van der Waals surface area contributed by atoms with Gasteiger partial charge in [0, 0.05) is 11.1 Å². The normalized spacial score (nSPS) is 12.0. The summed E-state index contributed by atoms with van der Waals surface area (Å²) in [6.07, 6.45) is 6.91. The van der Waals surface area contributed by atoms with Crippen molar-refractivity contribution in [3.05, 3.63) is 78.4 Å². The zero-order chi connectivity index (χ0) is 34.4. The molecule has 0 bridgehead atoms. The molecule has 10 nitrogen and oxygen atoms in total. The molecular weight excluding hydrogens is 604 g/mol. The number of carbonyl (C=O) groups excluding carboxylic acids is 3. The summed E-state index contributed by atoms with van der Waals surface area (Å²) in [5, 5.41) is 19.8. The van der Waals surface area contributed by atoms with E-state index < -0.39 is 30.1 Å². The SMILES string of the molecule is C=C(C)C(=O)OCC(O)CCCCCCOc1ccc(OC(=O)c2ccc(OCCCCCCC(O)COC(=O)C(=C)C)cc2)cc1. The first-order valence-corrected chi connectivity index (χ1v) is 16.2. The Hall–Kier alpha value is -4.15. The van der Waals surface area contributed by atoms with E-state index in [-0.39, 0.29) is 13.2 Å². The molecule has 2 unspecified atom stereocenters. The van der Waals surface area contributed by atoms with Gasteiger partial charge in [0.1, 0.15) is 30.5 Å². The van der Waals surface area contributed by atoms with Crippen LogP contribution in [-0.4, -0.2) is 66.8 Å². The smallest absolute Gasteiger partial charge is 0.343 e. The molecule has 0 spiro atoms. The van der Waals surface area contributed by atoms with Gasteiger partial charge in [-0.1, -0.05) is 51.7 Å². The Kier molecular flexibility index (Phi) is 18.6. The molecule has 0 heterocycles. The van der Waals surface area contributed by atoms with Crippen molar-refractivity contribution in [3.8, 4) is 17.2 Å². The summed E-state index contributed by atoms with van der Waals surface area (Å²) in [5.74, 6) is 0.310. The summed E-state index contributed by atoms with van der Waals surface area (Å²) in [7, 11) is 0. The number of ether oxygens (including phenoxy) is 5. The van der Waals surface area contributed by atoms with E-state index in [0.717, 1.165) is 51.4 Å². The zero-order valence-electron chi connectivity index (χ0n) is 27.7. The second-order valence-electron chi connectivity index (χ2n) is 11.6. The average Bonchev–Trinajstić information content (AvgIpc) is 3.05. The van der Waals surface area contributed by atoms with E-state index in [0.29, 0.717) is 60.0 Å². The molecule has 0 aliphatic carbocycles. The highest BCUT2D eigenvalue weighted by Crippen LogP contribution is 2.20. The molecule has 258 valence electrons. The summed E-state index contributed by atoms with van der Waals surface area (Å²) in [6, 6.07) is 13.7. The molecule has 0 saturated carbocycles. The topological polar surface area (TPSA) is 138 Å². The van der Waals surface area contributed by atoms with Crippen molar-refractivity contribution in [1.29, 1.82) is 0 Å². The van der Waals surface area contributed by atoms with Crippen molar-refractivity contribution in [2.24, 2.45) is 0 Å². The summed E-state index contributed by atoms with van der Waals surface area (Å²) in [5.41, 5.74) is 1.04. The molecule has 0 fully saturated rings. The fourth-order valence-corrected chi connectivity index (χ4v) is 4.27. The van der Waals surface area contributed by atoms with Crippen LogP contribution in [0.1, 0.15) is 88.4 Å². The number of rotatable bonds is 24. The molecular formula is C37H50O10. The molecule has 2 N–H and O–H groups in total. The van der Waals surface area contributed by atoms with Crippen molar-refractivity contribution in [3.63, 3.8) is 0 Å². The summed E-state index contributed by atoms with van der Waals surface area (Å²) in [4.78, 5) is 35.3. The molecule has 0 saturated heterocycles. The minimum absolute atomic E-state index is 0.0146. The highest BCUT2D eigenvalue weighted by Gasteiger charge is 2.11. The first kappa shape index (κ1) is 39.0. The van der Waals surface area contributed by atoms with Gasteiger partial charge in [-0.2, -0.15) is 0 Å². The highest BCUT2D eigenvalue weighted by molar-refractivity contribution is 5.91. The van der Waals surface area contributed by atoms with Gasteiger partial charge in [0.2, 0.25) is 0 Å². The van der Waals surface area contributed by atoms with Crippen LogP contribution in [-0.2, 0) is 19.1 Å². The molecule has 2 rings (SSSR count). The Balaban J connectivity index is 1.54. The maximum absolute atomic E-state index is 12.6. The third kappa shape index (κ3) is 17.4. The molecule has 0 aliphatic rings. The largest absolute Gasteiger partial charge is 0.494 e. The van der Waals surface area contributed by atoms with Gasteiger partial charge in [-0.3, -0.25) is 0 Å². The third-order valence-corrected chi connectivity index (χ3v) is 7.04. The Morgan fingerprint density at radius 2 is 0.979 bits per heavy atom. The van der Waals surface area contributed by atoms with E-state index in [2.05, 4.69) is 13.2 Å². The van der Waals surface area contributed by atoms with Crippen LogP contribution in [0.4, 0.5) is 0 Å². The Morgan fingerprint density at radius 3 is 1.40 bits per heavy atom. The van der Waals surface area contributed by atoms with Gasteiger partial charge in [-0.15, -0.1) is 0 Å². The quantitative estimate of drug-likeness (QED) is 0.0557. The number of unbranched alkanes of at least 4 members (excludes halogenated alkanes) is 6. The van der Waals surface area contributed by atoms with Crippen LogP contribution >= 0.6 is 0 Å². The van der Waals surface area contributed by atoms with E-state index in [1.807, 2.05) is 0 Å². The number of carbonyl (C=O) groups is 3. The molecule has 47 heavy (non-hydrogen) atoms. The first-order chi connectivity index (χ1) is 22.5. The van der Waals surface area contributed by atoms with Crippen LogP contribution in [0.5, 0.6) is 17.2 Å². The van der Waals surface area contributed by atoms with Gasteiger partial charge < -0.3 is 33.9 Å². The van der Waals surface area contributed by atoms with Crippen molar-refractivity contribution < 1.29 is 48.3 Å². The Morgan fingerprint density at radius 1 is 0.596 bits per heavy atom. The lowest BCUT2D eigenvalue weighted by molar-refractivity contribution is -0.142. The van der Waals surface area contributed by atoms with E-state index in [9.17, 15) is 24.6 Å². The van der Waals surface area contributed by atoms with Gasteiger partial charge >= 0.3 is 17.9 Å². The fourth-order valence-electron chi connectivity index (χ4n) is 4.27. The lowest BCUT2D eigenvalue weighted by atomic mass is 10.1. The Labute approximate surface area is 278 Å². The lowest BCUT2D eigenvalue weighted by Gasteiger charge is -2.11. The molecule has 2 aromatic rings. The number of benzene rings is 2. The predicted octanol–water partition coefficient (Wildman–Crippen LogP) is 6.52. The maximum Gasteiger partial charge on any atom is 0.343 e. The molecule has 2 atom stereocenters. The number of hydrogen-bond donors (Lipinski definition) is 2. The van der Waals surface area contributed by atoms with E-state index >= 15 is 0 Å². The van der Waals surface area contributed by atoms with Crippen LogP contribution < -0.4 is 14.2 Å². The molecule has 10 heteroatoms. The molecule has 0 aliphatic heterocycles. The average molecular weight is 655 g/mol. The monoisotopic (exact) mass is 654 g/mol. The van der Waals surface area contributed by atoms with Gasteiger partial charge in [0.15, 0.2) is 0 Å². The summed E-state index contributed by atoms with van der Waals surface area (Å²) >= 11 is 0. The first-order valence-electron chi connectivity index (χ1n) is 16.2. The summed E-state index contributed by atoms with van der Waals surface area (Å²) < 4.78 is 26.9. The second kappa shape index (κ2) is 22.4. The van der Waals surface area contributed by atoms with Gasteiger partial charge in [0.05, 0.1) is 31.0 Å². The van der Waals surface area contributed by atoms with Crippen LogP contribution in [0.25, 0.3) is 0 Å². The van der Waals surface area contributed by atoms with Crippen molar-refractivity contribution in [1.82, 2.24) is 0 Å². The van der Waals surface area contributed by atoms with Gasteiger partial charge in [0.25, 0.3) is 0 Å². The van der Waals surface area contributed by atoms with Crippen LogP contribution in [0, 0.1) is 0 Å². The second-order valence-corrected chi connectivity index (χ2v) is 11.6. The van der Waals surface area contributed by atoms with E-state index in [1.165, 1.54) is 0 Å². The number of aliphatic hydroxyl groups is 2.